The highest BCUT2D eigenvalue weighted by Crippen LogP contribution is 2.41. The third kappa shape index (κ3) is 3.15. The van der Waals surface area contributed by atoms with Gasteiger partial charge in [-0.3, -0.25) is 4.90 Å². The Hall–Kier alpha value is -0.650. The zero-order valence-corrected chi connectivity index (χ0v) is 13.3. The first kappa shape index (κ1) is 15.7. The number of carbonyl (C=O) groups is 1. The van der Waals surface area contributed by atoms with E-state index in [1.807, 2.05) is 7.05 Å². The summed E-state index contributed by atoms with van der Waals surface area (Å²) in [5, 5.41) is 3.29. The normalized spacial score (nSPS) is 27.4. The van der Waals surface area contributed by atoms with E-state index < -0.39 is 5.54 Å². The molecule has 0 spiro atoms. The molecule has 20 heavy (non-hydrogen) atoms. The second-order valence-electron chi connectivity index (χ2n) is 6.48. The lowest BCUT2D eigenvalue weighted by atomic mass is 9.91. The van der Waals surface area contributed by atoms with Crippen molar-refractivity contribution in [2.45, 2.75) is 37.3 Å². The van der Waals surface area contributed by atoms with Crippen molar-refractivity contribution in [1.29, 1.82) is 0 Å². The highest BCUT2D eigenvalue weighted by atomic mass is 16.5. The molecule has 0 aromatic heterocycles. The minimum atomic E-state index is -0.511. The van der Waals surface area contributed by atoms with Crippen LogP contribution in [0.15, 0.2) is 0 Å². The van der Waals surface area contributed by atoms with Gasteiger partial charge in [0, 0.05) is 19.1 Å². The van der Waals surface area contributed by atoms with Crippen LogP contribution in [-0.4, -0.2) is 75.2 Å². The zero-order chi connectivity index (χ0) is 14.8. The van der Waals surface area contributed by atoms with Gasteiger partial charge < -0.3 is 15.0 Å². The Kier molecular flexibility index (Phi) is 5.04. The monoisotopic (exact) mass is 283 g/mol. The van der Waals surface area contributed by atoms with E-state index in [0.29, 0.717) is 12.0 Å². The van der Waals surface area contributed by atoms with E-state index in [1.165, 1.54) is 20.0 Å². The van der Waals surface area contributed by atoms with Crippen LogP contribution in [0.3, 0.4) is 0 Å². The molecule has 1 saturated carbocycles. The zero-order valence-electron chi connectivity index (χ0n) is 13.3. The van der Waals surface area contributed by atoms with Gasteiger partial charge in [0.05, 0.1) is 7.11 Å². The summed E-state index contributed by atoms with van der Waals surface area (Å²) < 4.78 is 5.09. The molecule has 1 saturated heterocycles. The van der Waals surface area contributed by atoms with Crippen LogP contribution in [0.1, 0.15) is 25.7 Å². The first-order valence-corrected chi connectivity index (χ1v) is 7.69. The Balaban J connectivity index is 2.05. The maximum absolute atomic E-state index is 12.3. The van der Waals surface area contributed by atoms with Crippen molar-refractivity contribution in [1.82, 2.24) is 15.1 Å². The van der Waals surface area contributed by atoms with Gasteiger partial charge in [-0.2, -0.15) is 0 Å². The van der Waals surface area contributed by atoms with Crippen LogP contribution in [-0.2, 0) is 9.53 Å². The number of rotatable bonds is 6. The number of methoxy groups -OCH3 is 1. The Morgan fingerprint density at radius 1 is 1.40 bits per heavy atom. The minimum Gasteiger partial charge on any atom is -0.468 e. The number of esters is 1. The van der Waals surface area contributed by atoms with E-state index in [4.69, 9.17) is 4.74 Å². The van der Waals surface area contributed by atoms with Crippen molar-refractivity contribution in [2.24, 2.45) is 5.92 Å². The van der Waals surface area contributed by atoms with Crippen molar-refractivity contribution in [2.75, 3.05) is 47.9 Å². The van der Waals surface area contributed by atoms with Gasteiger partial charge in [-0.25, -0.2) is 4.79 Å². The van der Waals surface area contributed by atoms with E-state index in [-0.39, 0.29) is 5.97 Å². The smallest absolute Gasteiger partial charge is 0.327 e. The van der Waals surface area contributed by atoms with Gasteiger partial charge in [0.2, 0.25) is 0 Å². The molecule has 0 bridgehead atoms. The molecule has 5 heteroatoms. The molecule has 0 aromatic rings. The average molecular weight is 283 g/mol. The number of likely N-dealkylation sites (tertiary alicyclic amines) is 1. The van der Waals surface area contributed by atoms with Gasteiger partial charge in [-0.15, -0.1) is 0 Å². The van der Waals surface area contributed by atoms with Crippen LogP contribution >= 0.6 is 0 Å². The second-order valence-corrected chi connectivity index (χ2v) is 6.48. The SMILES string of the molecule is CNC(CN1CCCC(N(C)C)C1)(C(=O)OC)C1CC1. The first-order chi connectivity index (χ1) is 9.53. The van der Waals surface area contributed by atoms with Gasteiger partial charge in [0.15, 0.2) is 0 Å². The molecule has 0 radical (unpaired) electrons. The minimum absolute atomic E-state index is 0.102. The van der Waals surface area contributed by atoms with Crippen LogP contribution < -0.4 is 5.32 Å². The molecule has 1 N–H and O–H groups in total. The third-order valence-corrected chi connectivity index (χ3v) is 4.95. The Bertz CT molecular complexity index is 344. The third-order valence-electron chi connectivity index (χ3n) is 4.95. The molecule has 116 valence electrons. The van der Waals surface area contributed by atoms with Crippen molar-refractivity contribution >= 4 is 5.97 Å². The molecule has 1 aliphatic carbocycles. The fourth-order valence-corrected chi connectivity index (χ4v) is 3.45. The van der Waals surface area contributed by atoms with E-state index in [1.54, 1.807) is 0 Å². The molecule has 1 heterocycles. The molecule has 2 rings (SSSR count). The number of nitrogens with one attached hydrogen (secondary N) is 1. The number of hydrogen-bond acceptors (Lipinski definition) is 5. The van der Waals surface area contributed by atoms with E-state index in [9.17, 15) is 4.79 Å². The summed E-state index contributed by atoms with van der Waals surface area (Å²) in [7, 11) is 7.67. The highest BCUT2D eigenvalue weighted by Gasteiger charge is 2.52. The van der Waals surface area contributed by atoms with Gasteiger partial charge in [0.1, 0.15) is 5.54 Å². The van der Waals surface area contributed by atoms with E-state index >= 15 is 0 Å². The Labute approximate surface area is 122 Å². The Morgan fingerprint density at radius 2 is 2.10 bits per heavy atom. The molecule has 0 aromatic carbocycles. The topological polar surface area (TPSA) is 44.8 Å². The van der Waals surface area contributed by atoms with Crippen LogP contribution in [0.25, 0.3) is 0 Å². The lowest BCUT2D eigenvalue weighted by Crippen LogP contribution is -2.61. The van der Waals surface area contributed by atoms with Crippen LogP contribution in [0.5, 0.6) is 0 Å². The number of ether oxygens (including phenoxy) is 1. The van der Waals surface area contributed by atoms with Gasteiger partial charge >= 0.3 is 5.97 Å². The number of piperidine rings is 1. The number of likely N-dealkylation sites (N-methyl/N-ethyl adjacent to an activating group) is 2. The van der Waals surface area contributed by atoms with Crippen molar-refractivity contribution in [3.63, 3.8) is 0 Å². The molecule has 0 amide bonds. The van der Waals surface area contributed by atoms with Crippen LogP contribution in [0.2, 0.25) is 0 Å². The lowest BCUT2D eigenvalue weighted by Gasteiger charge is -2.41. The Morgan fingerprint density at radius 3 is 2.60 bits per heavy atom. The predicted molar refractivity (Wildman–Crippen MR) is 79.7 cm³/mol. The molecule has 2 fully saturated rings. The summed E-state index contributed by atoms with van der Waals surface area (Å²) in [4.78, 5) is 17.0. The van der Waals surface area contributed by atoms with Gasteiger partial charge in [-0.1, -0.05) is 0 Å². The largest absolute Gasteiger partial charge is 0.468 e. The standard InChI is InChI=1S/C15H29N3O2/c1-16-15(12-7-8-12,14(19)20-4)11-18-9-5-6-13(10-18)17(2)3/h12-13,16H,5-11H2,1-4H3. The molecule has 5 nitrogen and oxygen atoms in total. The molecule has 1 aliphatic heterocycles. The average Bonchev–Trinajstić information content (AvgIpc) is 3.29. The lowest BCUT2D eigenvalue weighted by molar-refractivity contribution is -0.150. The molecule has 2 unspecified atom stereocenters. The fourth-order valence-electron chi connectivity index (χ4n) is 3.45. The molecular weight excluding hydrogens is 254 g/mol. The van der Waals surface area contributed by atoms with Crippen LogP contribution in [0.4, 0.5) is 0 Å². The molecule has 2 aliphatic rings. The number of hydrogen-bond donors (Lipinski definition) is 1. The summed E-state index contributed by atoms with van der Waals surface area (Å²) >= 11 is 0. The van der Waals surface area contributed by atoms with E-state index in [0.717, 1.165) is 32.5 Å². The highest BCUT2D eigenvalue weighted by molar-refractivity contribution is 5.82. The van der Waals surface area contributed by atoms with E-state index in [2.05, 4.69) is 29.2 Å². The molecule has 2 atom stereocenters. The summed E-state index contributed by atoms with van der Waals surface area (Å²) in [6, 6.07) is 0.593. The fraction of sp³-hybridized carbons (Fsp3) is 0.933. The maximum Gasteiger partial charge on any atom is 0.327 e. The number of carbonyl (C=O) groups excluding carboxylic acids is 1. The predicted octanol–water partition coefficient (Wildman–Crippen LogP) is 0.554. The van der Waals surface area contributed by atoms with Gasteiger partial charge in [-0.05, 0) is 59.3 Å². The summed E-state index contributed by atoms with van der Waals surface area (Å²) in [6.45, 7) is 2.89. The summed E-state index contributed by atoms with van der Waals surface area (Å²) in [6.07, 6.45) is 4.70. The number of nitrogens with zero attached hydrogens (tertiary/aromatic N) is 2. The van der Waals surface area contributed by atoms with Crippen molar-refractivity contribution in [3.8, 4) is 0 Å². The van der Waals surface area contributed by atoms with Crippen molar-refractivity contribution < 1.29 is 9.53 Å². The van der Waals surface area contributed by atoms with Gasteiger partial charge in [0.25, 0.3) is 0 Å². The second kappa shape index (κ2) is 6.41. The van der Waals surface area contributed by atoms with Crippen LogP contribution in [0, 0.1) is 5.92 Å². The summed E-state index contributed by atoms with van der Waals surface area (Å²) in [5.74, 6) is 0.328. The molecular formula is C15H29N3O2. The van der Waals surface area contributed by atoms with Crippen molar-refractivity contribution in [3.05, 3.63) is 0 Å². The maximum atomic E-state index is 12.3. The first-order valence-electron chi connectivity index (χ1n) is 7.69. The summed E-state index contributed by atoms with van der Waals surface area (Å²) in [5.41, 5.74) is -0.511. The quantitative estimate of drug-likeness (QED) is 0.722.